The molecular weight excluding hydrogens is 355 g/mol. The predicted octanol–water partition coefficient (Wildman–Crippen LogP) is 1.80. The third kappa shape index (κ3) is 2.33. The molecule has 0 radical (unpaired) electrons. The third-order valence-corrected chi connectivity index (χ3v) is 5.34. The average molecular weight is 372 g/mol. The van der Waals surface area contributed by atoms with E-state index in [2.05, 4.69) is 5.32 Å². The lowest BCUT2D eigenvalue weighted by Crippen LogP contribution is -2.54. The number of para-hydroxylation sites is 1. The minimum absolute atomic E-state index is 0.132. The van der Waals surface area contributed by atoms with Gasteiger partial charge in [0.05, 0.1) is 36.9 Å². The number of esters is 1. The van der Waals surface area contributed by atoms with E-state index in [1.807, 2.05) is 0 Å². The van der Waals surface area contributed by atoms with Gasteiger partial charge < -0.3 is 9.15 Å². The molecule has 1 N–H and O–H groups in total. The van der Waals surface area contributed by atoms with Crippen LogP contribution in [0.1, 0.15) is 18.7 Å². The van der Waals surface area contributed by atoms with Crippen LogP contribution in [0.4, 0.5) is 10.1 Å². The van der Waals surface area contributed by atoms with Crippen molar-refractivity contribution in [3.63, 3.8) is 0 Å². The molecule has 0 bridgehead atoms. The van der Waals surface area contributed by atoms with Gasteiger partial charge in [0.1, 0.15) is 17.1 Å². The smallest absolute Gasteiger partial charge is 0.326 e. The van der Waals surface area contributed by atoms with E-state index >= 15 is 0 Å². The zero-order valence-electron chi connectivity index (χ0n) is 14.6. The SMILES string of the molecule is COC(=O)[C@]1(C)N[C@@H](c2ccco2)[C@H]2C(=O)N(c3ccccc3F)C(=O)[C@H]21. The standard InChI is InChI=1S/C19H17FN2O5/c1-19(18(25)26-2)14-13(15(21-19)12-8-5-9-27-12)16(23)22(17(14)24)11-7-4-3-6-10(11)20/h3-9,13-15,21H,1-2H3/t13-,14-,15-,19+/m0/s1. The van der Waals surface area contributed by atoms with Crippen LogP contribution >= 0.6 is 0 Å². The Bertz CT molecular complexity index is 928. The second kappa shape index (κ2) is 6.02. The second-order valence-electron chi connectivity index (χ2n) is 6.80. The van der Waals surface area contributed by atoms with Gasteiger partial charge in [-0.15, -0.1) is 0 Å². The van der Waals surface area contributed by atoms with Gasteiger partial charge in [-0.05, 0) is 31.2 Å². The fourth-order valence-electron chi connectivity index (χ4n) is 4.12. The summed E-state index contributed by atoms with van der Waals surface area (Å²) in [4.78, 5) is 39.6. The van der Waals surface area contributed by atoms with Crippen molar-refractivity contribution in [2.45, 2.75) is 18.5 Å². The topological polar surface area (TPSA) is 88.8 Å². The number of amides is 2. The number of carbonyl (C=O) groups is 3. The zero-order chi connectivity index (χ0) is 19.3. The van der Waals surface area contributed by atoms with E-state index in [1.165, 1.54) is 44.6 Å². The highest BCUT2D eigenvalue weighted by Gasteiger charge is 2.67. The molecule has 0 spiro atoms. The number of rotatable bonds is 3. The van der Waals surface area contributed by atoms with Crippen molar-refractivity contribution in [2.75, 3.05) is 12.0 Å². The van der Waals surface area contributed by atoms with Crippen LogP contribution in [0.25, 0.3) is 0 Å². The van der Waals surface area contributed by atoms with E-state index in [-0.39, 0.29) is 5.69 Å². The number of hydrogen-bond acceptors (Lipinski definition) is 6. The minimum atomic E-state index is -1.45. The summed E-state index contributed by atoms with van der Waals surface area (Å²) in [5.74, 6) is -4.17. The Labute approximate surface area is 154 Å². The van der Waals surface area contributed by atoms with E-state index in [4.69, 9.17) is 9.15 Å². The Kier molecular flexibility index (Phi) is 3.88. The van der Waals surface area contributed by atoms with E-state index < -0.39 is 47.0 Å². The highest BCUT2D eigenvalue weighted by atomic mass is 19.1. The maximum Gasteiger partial charge on any atom is 0.326 e. The first kappa shape index (κ1) is 17.4. The molecule has 1 aromatic carbocycles. The number of ether oxygens (including phenoxy) is 1. The molecule has 2 amide bonds. The van der Waals surface area contributed by atoms with Crippen LogP contribution in [-0.2, 0) is 19.1 Å². The molecule has 4 atom stereocenters. The van der Waals surface area contributed by atoms with Crippen LogP contribution in [-0.4, -0.2) is 30.4 Å². The summed E-state index contributed by atoms with van der Waals surface area (Å²) in [7, 11) is 1.21. The van der Waals surface area contributed by atoms with Crippen LogP contribution in [0, 0.1) is 17.7 Å². The summed E-state index contributed by atoms with van der Waals surface area (Å²) in [6, 6.07) is 8.12. The van der Waals surface area contributed by atoms with Gasteiger partial charge >= 0.3 is 5.97 Å². The summed E-state index contributed by atoms with van der Waals surface area (Å²) in [6.07, 6.45) is 1.44. The molecule has 1 aromatic heterocycles. The molecule has 8 heteroatoms. The largest absolute Gasteiger partial charge is 0.468 e. The van der Waals surface area contributed by atoms with E-state index in [1.54, 1.807) is 12.1 Å². The van der Waals surface area contributed by atoms with Crippen molar-refractivity contribution < 1.29 is 27.9 Å². The van der Waals surface area contributed by atoms with Crippen LogP contribution in [0.15, 0.2) is 47.1 Å². The number of methoxy groups -OCH3 is 1. The molecule has 2 saturated heterocycles. The Hall–Kier alpha value is -3.00. The van der Waals surface area contributed by atoms with Crippen molar-refractivity contribution in [1.29, 1.82) is 0 Å². The summed E-state index contributed by atoms with van der Waals surface area (Å²) in [6.45, 7) is 1.51. The molecule has 2 aromatic rings. The lowest BCUT2D eigenvalue weighted by atomic mass is 9.81. The van der Waals surface area contributed by atoms with Gasteiger partial charge in [-0.25, -0.2) is 9.29 Å². The number of fused-ring (bicyclic) bond motifs is 1. The van der Waals surface area contributed by atoms with Crippen molar-refractivity contribution in [3.8, 4) is 0 Å². The highest BCUT2D eigenvalue weighted by molar-refractivity contribution is 6.24. The molecule has 140 valence electrons. The predicted molar refractivity (Wildman–Crippen MR) is 90.9 cm³/mol. The summed E-state index contributed by atoms with van der Waals surface area (Å²) in [5.41, 5.74) is -1.59. The first-order valence-electron chi connectivity index (χ1n) is 8.42. The van der Waals surface area contributed by atoms with Crippen LogP contribution in [0.2, 0.25) is 0 Å². The van der Waals surface area contributed by atoms with Crippen molar-refractivity contribution in [1.82, 2.24) is 5.32 Å². The van der Waals surface area contributed by atoms with E-state index in [9.17, 15) is 18.8 Å². The maximum absolute atomic E-state index is 14.3. The average Bonchev–Trinajstić information content (AvgIpc) is 3.34. The first-order valence-corrected chi connectivity index (χ1v) is 8.42. The Morgan fingerprint density at radius 3 is 2.59 bits per heavy atom. The number of benzene rings is 1. The Morgan fingerprint density at radius 1 is 1.22 bits per heavy atom. The summed E-state index contributed by atoms with van der Waals surface area (Å²) < 4.78 is 24.6. The molecule has 2 aliphatic heterocycles. The molecular formula is C19H17FN2O5. The number of imide groups is 1. The van der Waals surface area contributed by atoms with Gasteiger partial charge in [0.2, 0.25) is 11.8 Å². The molecule has 0 saturated carbocycles. The van der Waals surface area contributed by atoms with E-state index in [0.717, 1.165) is 4.90 Å². The van der Waals surface area contributed by atoms with Crippen molar-refractivity contribution >= 4 is 23.5 Å². The number of carbonyl (C=O) groups excluding carboxylic acids is 3. The van der Waals surface area contributed by atoms with Gasteiger partial charge in [-0.1, -0.05) is 12.1 Å². The fraction of sp³-hybridized carbons (Fsp3) is 0.316. The van der Waals surface area contributed by atoms with Gasteiger partial charge in [0, 0.05) is 0 Å². The van der Waals surface area contributed by atoms with E-state index in [0.29, 0.717) is 5.76 Å². The monoisotopic (exact) mass is 372 g/mol. The minimum Gasteiger partial charge on any atom is -0.468 e. The first-order chi connectivity index (χ1) is 12.9. The summed E-state index contributed by atoms with van der Waals surface area (Å²) >= 11 is 0. The second-order valence-corrected chi connectivity index (χ2v) is 6.80. The van der Waals surface area contributed by atoms with Crippen LogP contribution in [0.5, 0.6) is 0 Å². The summed E-state index contributed by atoms with van der Waals surface area (Å²) in [5, 5.41) is 3.04. The number of halogens is 1. The third-order valence-electron chi connectivity index (χ3n) is 5.34. The lowest BCUT2D eigenvalue weighted by Gasteiger charge is -2.28. The van der Waals surface area contributed by atoms with Crippen molar-refractivity contribution in [3.05, 3.63) is 54.2 Å². The highest BCUT2D eigenvalue weighted by Crippen LogP contribution is 2.50. The van der Waals surface area contributed by atoms with Gasteiger partial charge in [-0.3, -0.25) is 19.7 Å². The van der Waals surface area contributed by atoms with Crippen LogP contribution < -0.4 is 10.2 Å². The number of nitrogens with one attached hydrogen (secondary N) is 1. The molecule has 4 rings (SSSR count). The molecule has 0 aliphatic carbocycles. The van der Waals surface area contributed by atoms with Gasteiger partial charge in [-0.2, -0.15) is 0 Å². The Morgan fingerprint density at radius 2 is 1.96 bits per heavy atom. The number of anilines is 1. The quantitative estimate of drug-likeness (QED) is 0.653. The van der Waals surface area contributed by atoms with Gasteiger partial charge in [0.25, 0.3) is 0 Å². The maximum atomic E-state index is 14.3. The number of hydrogen-bond donors (Lipinski definition) is 1. The number of nitrogens with zero attached hydrogens (tertiary/aromatic N) is 1. The molecule has 2 fully saturated rings. The molecule has 7 nitrogen and oxygen atoms in total. The Balaban J connectivity index is 1.84. The van der Waals surface area contributed by atoms with Gasteiger partial charge in [0.15, 0.2) is 0 Å². The molecule has 2 aliphatic rings. The normalized spacial score (nSPS) is 29.9. The lowest BCUT2D eigenvalue weighted by molar-refractivity contribution is -0.151. The van der Waals surface area contributed by atoms with Crippen LogP contribution in [0.3, 0.4) is 0 Å². The molecule has 27 heavy (non-hydrogen) atoms. The molecule has 0 unspecified atom stereocenters. The number of furan rings is 1. The molecule has 3 heterocycles. The van der Waals surface area contributed by atoms with Crippen molar-refractivity contribution in [2.24, 2.45) is 11.8 Å². The fourth-order valence-corrected chi connectivity index (χ4v) is 4.12. The zero-order valence-corrected chi connectivity index (χ0v) is 14.6.